The second-order valence-corrected chi connectivity index (χ2v) is 4.34. The molecule has 1 aromatic heterocycles. The van der Waals surface area contributed by atoms with Crippen LogP contribution in [0.3, 0.4) is 0 Å². The highest BCUT2D eigenvalue weighted by Gasteiger charge is 2.09. The van der Waals surface area contributed by atoms with E-state index in [1.165, 1.54) is 11.8 Å². The van der Waals surface area contributed by atoms with Crippen molar-refractivity contribution >= 4 is 22.4 Å². The van der Waals surface area contributed by atoms with Crippen LogP contribution in [0.25, 0.3) is 16.6 Å². The number of nitrogens with two attached hydrogens (primary N) is 1. The molecule has 0 aliphatic carbocycles. The Bertz CT molecular complexity index is 611. The summed E-state index contributed by atoms with van der Waals surface area (Å²) in [5.41, 5.74) is 8.54. The Labute approximate surface area is 120 Å². The first-order valence-corrected chi connectivity index (χ1v) is 7.03. The van der Waals surface area contributed by atoms with Gasteiger partial charge in [0.05, 0.1) is 17.4 Å². The van der Waals surface area contributed by atoms with Crippen molar-refractivity contribution in [3.05, 3.63) is 36.2 Å². The van der Waals surface area contributed by atoms with Crippen molar-refractivity contribution in [2.45, 2.75) is 40.5 Å². The van der Waals surface area contributed by atoms with Gasteiger partial charge in [-0.1, -0.05) is 32.9 Å². The fourth-order valence-electron chi connectivity index (χ4n) is 1.97. The molecule has 1 aromatic carbocycles. The average Bonchev–Trinajstić information content (AvgIpc) is 2.89. The molecule has 0 saturated carbocycles. The van der Waals surface area contributed by atoms with Crippen LogP contribution in [0.15, 0.2) is 30.6 Å². The smallest absolute Gasteiger partial charge is 0.135 e. The molecule has 108 valence electrons. The topological polar surface area (TPSA) is 60.9 Å². The van der Waals surface area contributed by atoms with E-state index in [0.29, 0.717) is 12.1 Å². The Morgan fingerprint density at radius 3 is 2.65 bits per heavy atom. The third-order valence-corrected chi connectivity index (χ3v) is 2.94. The van der Waals surface area contributed by atoms with Crippen LogP contribution < -0.4 is 5.73 Å². The number of Topliss-reactive ketones (excluding diaryl/α,β-unsaturated/α-hetero) is 1. The second kappa shape index (κ2) is 7.48. The lowest BCUT2D eigenvalue weighted by Crippen LogP contribution is -2.05. The predicted octanol–water partition coefficient (Wildman–Crippen LogP) is 3.36. The molecular weight excluding hydrogens is 250 g/mol. The first kappa shape index (κ1) is 16.0. The van der Waals surface area contributed by atoms with Crippen molar-refractivity contribution in [2.24, 2.45) is 5.73 Å². The van der Waals surface area contributed by atoms with Gasteiger partial charge in [0.2, 0.25) is 0 Å². The molecule has 0 unspecified atom stereocenters. The van der Waals surface area contributed by atoms with Gasteiger partial charge in [-0.25, -0.2) is 4.68 Å². The molecule has 4 heteroatoms. The van der Waals surface area contributed by atoms with Gasteiger partial charge in [-0.15, -0.1) is 0 Å². The number of allylic oxidation sites excluding steroid dienone is 1. The van der Waals surface area contributed by atoms with E-state index in [1.54, 1.807) is 17.8 Å². The van der Waals surface area contributed by atoms with Crippen LogP contribution in [0.1, 0.15) is 39.7 Å². The quantitative estimate of drug-likeness (QED) is 0.929. The van der Waals surface area contributed by atoms with E-state index in [4.69, 9.17) is 5.73 Å². The maximum atomic E-state index is 11.2. The van der Waals surface area contributed by atoms with Crippen LogP contribution >= 0.6 is 0 Å². The maximum Gasteiger partial charge on any atom is 0.135 e. The first-order valence-electron chi connectivity index (χ1n) is 7.03. The molecule has 2 N–H and O–H groups in total. The SMILES string of the molecule is CC.CCc1ccc2cnn(/C(=C\N)CC(C)=O)c2c1. The fraction of sp³-hybridized carbons (Fsp3) is 0.375. The molecule has 0 spiro atoms. The van der Waals surface area contributed by atoms with Crippen LogP contribution in [0.4, 0.5) is 0 Å². The Kier molecular flexibility index (Phi) is 5.97. The third-order valence-electron chi connectivity index (χ3n) is 2.94. The van der Waals surface area contributed by atoms with Gasteiger partial charge in [0.25, 0.3) is 0 Å². The summed E-state index contributed by atoms with van der Waals surface area (Å²) in [6, 6.07) is 6.22. The van der Waals surface area contributed by atoms with E-state index >= 15 is 0 Å². The number of hydrogen-bond acceptors (Lipinski definition) is 3. The van der Waals surface area contributed by atoms with Gasteiger partial charge in [-0.2, -0.15) is 5.10 Å². The number of ketones is 1. The Morgan fingerprint density at radius 1 is 1.40 bits per heavy atom. The second-order valence-electron chi connectivity index (χ2n) is 4.34. The molecule has 0 bridgehead atoms. The molecule has 4 nitrogen and oxygen atoms in total. The van der Waals surface area contributed by atoms with Gasteiger partial charge in [-0.05, 0) is 25.0 Å². The van der Waals surface area contributed by atoms with Crippen molar-refractivity contribution in [1.82, 2.24) is 9.78 Å². The number of fused-ring (bicyclic) bond motifs is 1. The maximum absolute atomic E-state index is 11.2. The standard InChI is InChI=1S/C14H17N3O.C2H6/c1-3-11-4-5-12-9-16-17(14(12)7-11)13(8-15)6-10(2)18;1-2/h4-5,7-9H,3,6,15H2,1-2H3;1-2H3/b13-8-;. The van der Waals surface area contributed by atoms with Gasteiger partial charge >= 0.3 is 0 Å². The summed E-state index contributed by atoms with van der Waals surface area (Å²) in [5.74, 6) is 0.0713. The van der Waals surface area contributed by atoms with Crippen molar-refractivity contribution in [1.29, 1.82) is 0 Å². The highest BCUT2D eigenvalue weighted by Crippen LogP contribution is 2.20. The van der Waals surface area contributed by atoms with E-state index < -0.39 is 0 Å². The average molecular weight is 273 g/mol. The zero-order chi connectivity index (χ0) is 15.1. The summed E-state index contributed by atoms with van der Waals surface area (Å²) in [6.45, 7) is 7.66. The van der Waals surface area contributed by atoms with Crippen LogP contribution in [-0.4, -0.2) is 15.6 Å². The van der Waals surface area contributed by atoms with E-state index in [9.17, 15) is 4.79 Å². The number of aromatic nitrogens is 2. The van der Waals surface area contributed by atoms with E-state index in [2.05, 4.69) is 24.2 Å². The predicted molar refractivity (Wildman–Crippen MR) is 84.2 cm³/mol. The van der Waals surface area contributed by atoms with Crippen LogP contribution in [0.5, 0.6) is 0 Å². The van der Waals surface area contributed by atoms with Crippen LogP contribution in [-0.2, 0) is 11.2 Å². The van der Waals surface area contributed by atoms with E-state index in [-0.39, 0.29) is 5.78 Å². The molecular formula is C16H23N3O. The molecule has 0 aliphatic rings. The normalized spacial score (nSPS) is 11.1. The Hall–Kier alpha value is -2.10. The molecule has 0 radical (unpaired) electrons. The monoisotopic (exact) mass is 273 g/mol. The summed E-state index contributed by atoms with van der Waals surface area (Å²) in [5, 5.41) is 5.36. The molecule has 2 aromatic rings. The fourth-order valence-corrected chi connectivity index (χ4v) is 1.97. The van der Waals surface area contributed by atoms with Gasteiger partial charge in [0.15, 0.2) is 0 Å². The molecule has 2 rings (SSSR count). The third kappa shape index (κ3) is 3.47. The molecule has 0 amide bonds. The largest absolute Gasteiger partial charge is 0.403 e. The van der Waals surface area contributed by atoms with Crippen molar-refractivity contribution in [2.75, 3.05) is 0 Å². The lowest BCUT2D eigenvalue weighted by molar-refractivity contribution is -0.116. The Balaban J connectivity index is 0.000000956. The number of hydrogen-bond donors (Lipinski definition) is 1. The van der Waals surface area contributed by atoms with Crippen molar-refractivity contribution < 1.29 is 4.79 Å². The van der Waals surface area contributed by atoms with Gasteiger partial charge in [0.1, 0.15) is 5.78 Å². The molecule has 20 heavy (non-hydrogen) atoms. The number of rotatable bonds is 4. The minimum atomic E-state index is 0.0713. The lowest BCUT2D eigenvalue weighted by Gasteiger charge is -2.07. The summed E-state index contributed by atoms with van der Waals surface area (Å²) in [6.07, 6.45) is 4.50. The van der Waals surface area contributed by atoms with E-state index in [1.807, 2.05) is 19.9 Å². The van der Waals surface area contributed by atoms with Gasteiger partial charge in [-0.3, -0.25) is 4.79 Å². The number of carbonyl (C=O) groups excluding carboxylic acids is 1. The van der Waals surface area contributed by atoms with Crippen LogP contribution in [0.2, 0.25) is 0 Å². The zero-order valence-corrected chi connectivity index (χ0v) is 12.7. The Morgan fingerprint density at radius 2 is 2.10 bits per heavy atom. The summed E-state index contributed by atoms with van der Waals surface area (Å²) < 4.78 is 1.75. The first-order chi connectivity index (χ1) is 9.65. The molecule has 0 aliphatic heterocycles. The molecule has 1 heterocycles. The highest BCUT2D eigenvalue weighted by atomic mass is 16.1. The molecule has 0 fully saturated rings. The number of carbonyl (C=O) groups is 1. The van der Waals surface area contributed by atoms with Gasteiger partial charge in [0, 0.05) is 18.0 Å². The number of aryl methyl sites for hydroxylation is 1. The molecule has 0 saturated heterocycles. The summed E-state index contributed by atoms with van der Waals surface area (Å²) in [7, 11) is 0. The van der Waals surface area contributed by atoms with Crippen molar-refractivity contribution in [3.63, 3.8) is 0 Å². The minimum absolute atomic E-state index is 0.0713. The number of nitrogens with zero attached hydrogens (tertiary/aromatic N) is 2. The minimum Gasteiger partial charge on any atom is -0.403 e. The van der Waals surface area contributed by atoms with E-state index in [0.717, 1.165) is 17.3 Å². The van der Waals surface area contributed by atoms with Crippen molar-refractivity contribution in [3.8, 4) is 0 Å². The lowest BCUT2D eigenvalue weighted by atomic mass is 10.1. The van der Waals surface area contributed by atoms with Crippen LogP contribution in [0, 0.1) is 0 Å². The van der Waals surface area contributed by atoms with Gasteiger partial charge < -0.3 is 5.73 Å². The summed E-state index contributed by atoms with van der Waals surface area (Å²) in [4.78, 5) is 11.2. The summed E-state index contributed by atoms with van der Waals surface area (Å²) >= 11 is 0. The highest BCUT2D eigenvalue weighted by molar-refractivity contribution is 5.88. The molecule has 0 atom stereocenters. The number of benzene rings is 1. The zero-order valence-electron chi connectivity index (χ0n) is 12.7.